The summed E-state index contributed by atoms with van der Waals surface area (Å²) in [4.78, 5) is 3.63. The molecule has 0 atom stereocenters. The first-order valence-corrected chi connectivity index (χ1v) is 13.2. The third-order valence-corrected chi connectivity index (χ3v) is 7.20. The molecule has 1 heterocycles. The second-order valence-electron chi connectivity index (χ2n) is 9.19. The van der Waals surface area contributed by atoms with Crippen molar-refractivity contribution >= 4 is 17.5 Å². The molecule has 3 aromatic carbocycles. The van der Waals surface area contributed by atoms with Crippen LogP contribution in [0.4, 0.5) is 8.78 Å². The largest absolute Gasteiger partial charge is 0.401 e. The molecule has 3 nitrogen and oxygen atoms in total. The lowest BCUT2D eigenvalue weighted by Crippen LogP contribution is -2.32. The topological polar surface area (TPSA) is 41.3 Å². The summed E-state index contributed by atoms with van der Waals surface area (Å²) in [6, 6.07) is 21.6. The Morgan fingerprint density at radius 2 is 1.44 bits per heavy atom. The number of hydrogen-bond donors (Lipinski definition) is 2. The molecular formula is C30H33F2N3S. The van der Waals surface area contributed by atoms with Gasteiger partial charge >= 0.3 is 0 Å². The molecule has 188 valence electrons. The predicted octanol–water partition coefficient (Wildman–Crippen LogP) is 7.05. The van der Waals surface area contributed by atoms with Crippen LogP contribution in [0, 0.1) is 18.6 Å². The highest BCUT2D eigenvalue weighted by Crippen LogP contribution is 2.32. The van der Waals surface area contributed by atoms with E-state index in [1.807, 2.05) is 30.5 Å². The van der Waals surface area contributed by atoms with Crippen LogP contribution in [-0.4, -0.2) is 24.5 Å². The van der Waals surface area contributed by atoms with Crippen LogP contribution >= 0.6 is 11.9 Å². The van der Waals surface area contributed by atoms with Gasteiger partial charge in [0.15, 0.2) is 0 Å². The zero-order chi connectivity index (χ0) is 25.3. The fraction of sp³-hybridized carbons (Fsp3) is 0.267. The van der Waals surface area contributed by atoms with Crippen LogP contribution in [0.1, 0.15) is 42.4 Å². The molecule has 0 spiro atoms. The van der Waals surface area contributed by atoms with E-state index in [0.717, 1.165) is 72.6 Å². The van der Waals surface area contributed by atoms with Gasteiger partial charge in [0.25, 0.3) is 0 Å². The van der Waals surface area contributed by atoms with E-state index >= 15 is 0 Å². The summed E-state index contributed by atoms with van der Waals surface area (Å²) in [5, 5.41) is 0. The Labute approximate surface area is 217 Å². The van der Waals surface area contributed by atoms with E-state index in [4.69, 9.17) is 5.73 Å². The monoisotopic (exact) mass is 505 g/mol. The molecule has 36 heavy (non-hydrogen) atoms. The number of nitrogens with two attached hydrogens (primary N) is 1. The summed E-state index contributed by atoms with van der Waals surface area (Å²) >= 11 is 1.56. The zero-order valence-corrected chi connectivity index (χ0v) is 21.5. The maximum Gasteiger partial charge on any atom is 0.123 e. The number of allylic oxidation sites excluding steroid dienone is 1. The summed E-state index contributed by atoms with van der Waals surface area (Å²) in [5.41, 5.74) is 12.7. The molecule has 3 N–H and O–H groups in total. The van der Waals surface area contributed by atoms with Gasteiger partial charge in [-0.25, -0.2) is 8.78 Å². The predicted molar refractivity (Wildman–Crippen MR) is 146 cm³/mol. The lowest BCUT2D eigenvalue weighted by Gasteiger charge is -2.30. The number of benzene rings is 3. The summed E-state index contributed by atoms with van der Waals surface area (Å²) < 4.78 is 30.3. The molecule has 0 unspecified atom stereocenters. The van der Waals surface area contributed by atoms with Crippen LogP contribution in [0.25, 0.3) is 5.57 Å². The van der Waals surface area contributed by atoms with Crippen molar-refractivity contribution in [1.82, 2.24) is 9.62 Å². The first kappa shape index (κ1) is 26.0. The van der Waals surface area contributed by atoms with Gasteiger partial charge in [0.05, 0.1) is 0 Å². The quantitative estimate of drug-likeness (QED) is 0.306. The number of rotatable bonds is 9. The minimum Gasteiger partial charge on any atom is -0.401 e. The maximum absolute atomic E-state index is 13.5. The summed E-state index contributed by atoms with van der Waals surface area (Å²) in [7, 11) is 0. The molecule has 0 aliphatic carbocycles. The minimum atomic E-state index is -0.255. The lowest BCUT2D eigenvalue weighted by molar-refractivity contribution is 0.254. The molecule has 0 saturated carbocycles. The fourth-order valence-electron chi connectivity index (χ4n) is 4.46. The number of likely N-dealkylation sites (tertiary alicyclic amines) is 1. The van der Waals surface area contributed by atoms with Crippen molar-refractivity contribution in [3.8, 4) is 0 Å². The summed E-state index contributed by atoms with van der Waals surface area (Å²) in [6.07, 6.45) is 5.60. The van der Waals surface area contributed by atoms with Gasteiger partial charge in [0, 0.05) is 29.9 Å². The first-order valence-electron chi connectivity index (χ1n) is 12.4. The van der Waals surface area contributed by atoms with Crippen molar-refractivity contribution in [1.29, 1.82) is 0 Å². The Morgan fingerprint density at radius 1 is 0.889 bits per heavy atom. The molecule has 1 aliphatic heterocycles. The van der Waals surface area contributed by atoms with Crippen molar-refractivity contribution in [3.63, 3.8) is 0 Å². The highest BCUT2D eigenvalue weighted by atomic mass is 32.2. The van der Waals surface area contributed by atoms with E-state index in [1.165, 1.54) is 35.4 Å². The average Bonchev–Trinajstić information content (AvgIpc) is 2.88. The van der Waals surface area contributed by atoms with Gasteiger partial charge in [0.2, 0.25) is 0 Å². The third-order valence-electron chi connectivity index (χ3n) is 6.46. The van der Waals surface area contributed by atoms with Gasteiger partial charge in [-0.3, -0.25) is 0 Å². The van der Waals surface area contributed by atoms with Gasteiger partial charge in [-0.1, -0.05) is 47.5 Å². The number of nitrogens with zero attached hydrogens (tertiary/aromatic N) is 1. The Hall–Kier alpha value is -3.09. The molecular weight excluding hydrogens is 472 g/mol. The van der Waals surface area contributed by atoms with Crippen molar-refractivity contribution in [2.24, 2.45) is 5.73 Å². The van der Waals surface area contributed by atoms with Crippen molar-refractivity contribution in [2.75, 3.05) is 19.6 Å². The van der Waals surface area contributed by atoms with Gasteiger partial charge < -0.3 is 15.4 Å². The molecule has 0 amide bonds. The molecule has 6 heteroatoms. The number of halogens is 2. The fourth-order valence-corrected chi connectivity index (χ4v) is 5.08. The van der Waals surface area contributed by atoms with Crippen LogP contribution in [-0.2, 0) is 0 Å². The summed E-state index contributed by atoms with van der Waals surface area (Å²) in [6.45, 7) is 5.00. The normalized spacial score (nSPS) is 14.6. The third kappa shape index (κ3) is 7.45. The number of hydrogen-bond acceptors (Lipinski definition) is 4. The SMILES string of the molecule is Cc1ccc(SN/C=C(\N)CCCN2CCC(=C(c3ccc(F)cc3)c3ccc(F)cc3)CC2)cc1. The van der Waals surface area contributed by atoms with Gasteiger partial charge in [0.1, 0.15) is 11.6 Å². The lowest BCUT2D eigenvalue weighted by atomic mass is 9.88. The molecule has 0 radical (unpaired) electrons. The molecule has 1 saturated heterocycles. The molecule has 3 aromatic rings. The molecule has 0 aromatic heterocycles. The van der Waals surface area contributed by atoms with E-state index in [2.05, 4.69) is 40.8 Å². The van der Waals surface area contributed by atoms with Crippen molar-refractivity contribution in [2.45, 2.75) is 37.5 Å². The number of nitrogens with one attached hydrogen (secondary N) is 1. The Kier molecular flexibility index (Phi) is 9.20. The molecule has 0 bridgehead atoms. The van der Waals surface area contributed by atoms with Gasteiger partial charge in [-0.15, -0.1) is 0 Å². The second kappa shape index (κ2) is 12.7. The Balaban J connectivity index is 1.30. The van der Waals surface area contributed by atoms with Crippen LogP contribution < -0.4 is 10.5 Å². The smallest absolute Gasteiger partial charge is 0.123 e. The van der Waals surface area contributed by atoms with Crippen LogP contribution in [0.15, 0.2) is 95.2 Å². The Morgan fingerprint density at radius 3 is 2.00 bits per heavy atom. The molecule has 4 rings (SSSR count). The van der Waals surface area contributed by atoms with Crippen molar-refractivity contribution in [3.05, 3.63) is 119 Å². The van der Waals surface area contributed by atoms with Crippen molar-refractivity contribution < 1.29 is 8.78 Å². The second-order valence-corrected chi connectivity index (χ2v) is 10.1. The van der Waals surface area contributed by atoms with E-state index in [-0.39, 0.29) is 11.6 Å². The highest BCUT2D eigenvalue weighted by molar-refractivity contribution is 7.97. The average molecular weight is 506 g/mol. The minimum absolute atomic E-state index is 0.255. The van der Waals surface area contributed by atoms with Gasteiger partial charge in [-0.05, 0) is 104 Å². The van der Waals surface area contributed by atoms with Crippen LogP contribution in [0.5, 0.6) is 0 Å². The van der Waals surface area contributed by atoms with E-state index in [0.29, 0.717) is 0 Å². The zero-order valence-electron chi connectivity index (χ0n) is 20.6. The first-order chi connectivity index (χ1) is 17.5. The number of piperidine rings is 1. The standard InChI is InChI=1S/C30H33F2N3S/c1-22-4-14-29(15-5-22)36-34-21-28(33)3-2-18-35-19-16-25(17-20-35)30(23-6-10-26(31)11-7-23)24-8-12-27(32)13-9-24/h4-15,21,34H,2-3,16-20,33H2,1H3/b28-21-. The van der Waals surface area contributed by atoms with Crippen LogP contribution in [0.3, 0.4) is 0 Å². The van der Waals surface area contributed by atoms with Crippen LogP contribution in [0.2, 0.25) is 0 Å². The highest BCUT2D eigenvalue weighted by Gasteiger charge is 2.19. The summed E-state index contributed by atoms with van der Waals surface area (Å²) in [5.74, 6) is -0.511. The molecule has 1 aliphatic rings. The van der Waals surface area contributed by atoms with E-state index in [1.54, 1.807) is 11.9 Å². The van der Waals surface area contributed by atoms with E-state index in [9.17, 15) is 8.78 Å². The van der Waals surface area contributed by atoms with E-state index < -0.39 is 0 Å². The maximum atomic E-state index is 13.5. The molecule has 1 fully saturated rings. The number of aryl methyl sites for hydroxylation is 1. The Bertz CT molecular complexity index is 1130. The van der Waals surface area contributed by atoms with Gasteiger partial charge in [-0.2, -0.15) is 0 Å².